The van der Waals surface area contributed by atoms with Crippen LogP contribution in [0.25, 0.3) is 0 Å². The number of rotatable bonds is 9. The van der Waals surface area contributed by atoms with Gasteiger partial charge in [0.05, 0.1) is 6.04 Å². The van der Waals surface area contributed by atoms with Crippen LogP contribution in [-0.4, -0.2) is 22.0 Å². The first-order chi connectivity index (χ1) is 17.0. The van der Waals surface area contributed by atoms with Crippen molar-refractivity contribution in [3.63, 3.8) is 0 Å². The molecular weight excluding hydrogens is 440 g/mol. The molecule has 1 aliphatic carbocycles. The van der Waals surface area contributed by atoms with Crippen LogP contribution < -0.4 is 10.6 Å². The number of carbonyl (C=O) groups is 2. The van der Waals surface area contributed by atoms with Gasteiger partial charge in [-0.2, -0.15) is 4.98 Å². The number of benzene rings is 2. The molecule has 0 spiro atoms. The van der Waals surface area contributed by atoms with Crippen LogP contribution in [0.15, 0.2) is 65.2 Å². The third-order valence-electron chi connectivity index (χ3n) is 6.65. The van der Waals surface area contributed by atoms with Crippen molar-refractivity contribution < 1.29 is 14.1 Å². The predicted molar refractivity (Wildman–Crippen MR) is 133 cm³/mol. The lowest BCUT2D eigenvalue weighted by Gasteiger charge is -2.30. The Morgan fingerprint density at radius 2 is 1.63 bits per heavy atom. The minimum Gasteiger partial charge on any atom is -0.349 e. The van der Waals surface area contributed by atoms with Gasteiger partial charge in [0, 0.05) is 19.8 Å². The van der Waals surface area contributed by atoms with Gasteiger partial charge >= 0.3 is 0 Å². The number of nitrogens with zero attached hydrogens (tertiary/aromatic N) is 2. The first-order valence-electron chi connectivity index (χ1n) is 12.5. The van der Waals surface area contributed by atoms with Gasteiger partial charge in [0.1, 0.15) is 5.54 Å². The van der Waals surface area contributed by atoms with Gasteiger partial charge in [-0.15, -0.1) is 0 Å². The number of carbonyl (C=O) groups excluding carboxylic acids is 2. The molecule has 1 atom stereocenters. The number of hydrogen-bond acceptors (Lipinski definition) is 5. The Bertz CT molecular complexity index is 1090. The molecule has 1 unspecified atom stereocenters. The first-order valence-corrected chi connectivity index (χ1v) is 12.5. The molecule has 1 aliphatic rings. The Kier molecular flexibility index (Phi) is 8.29. The van der Waals surface area contributed by atoms with Crippen molar-refractivity contribution in [3.8, 4) is 0 Å². The topological polar surface area (TPSA) is 97.1 Å². The lowest BCUT2D eigenvalue weighted by Crippen LogP contribution is -2.45. The fourth-order valence-electron chi connectivity index (χ4n) is 4.90. The second-order valence-electron chi connectivity index (χ2n) is 9.41. The zero-order chi connectivity index (χ0) is 24.5. The van der Waals surface area contributed by atoms with Crippen molar-refractivity contribution in [2.24, 2.45) is 0 Å². The molecule has 1 fully saturated rings. The lowest BCUT2D eigenvalue weighted by molar-refractivity contribution is -0.122. The Balaban J connectivity index is 1.40. The zero-order valence-electron chi connectivity index (χ0n) is 20.3. The maximum atomic E-state index is 12.9. The molecule has 0 radical (unpaired) electrons. The van der Waals surface area contributed by atoms with Crippen molar-refractivity contribution in [1.82, 2.24) is 20.8 Å². The summed E-state index contributed by atoms with van der Waals surface area (Å²) < 4.78 is 5.51. The standard InChI is InChI=1S/C28H34N4O3/c1-21(33)31-28(18-10-2-3-11-19-28)27-30-26(35-32-27)17-16-25(34)29-24(23-14-8-5-9-15-23)20-22-12-6-4-7-13-22/h4-9,12-15,24H,2-3,10-11,16-20H2,1H3,(H,29,34)(H,31,33). The van der Waals surface area contributed by atoms with E-state index in [1.54, 1.807) is 0 Å². The van der Waals surface area contributed by atoms with E-state index in [0.717, 1.165) is 49.7 Å². The fourth-order valence-corrected chi connectivity index (χ4v) is 4.90. The van der Waals surface area contributed by atoms with Crippen molar-refractivity contribution >= 4 is 11.8 Å². The molecule has 2 N–H and O–H groups in total. The van der Waals surface area contributed by atoms with E-state index < -0.39 is 5.54 Å². The molecule has 3 aromatic rings. The van der Waals surface area contributed by atoms with Crippen LogP contribution in [0.5, 0.6) is 0 Å². The van der Waals surface area contributed by atoms with E-state index in [9.17, 15) is 9.59 Å². The number of aryl methyl sites for hydroxylation is 1. The molecule has 184 valence electrons. The molecule has 2 aromatic carbocycles. The molecule has 2 amide bonds. The Labute approximate surface area is 206 Å². The van der Waals surface area contributed by atoms with Crippen LogP contribution in [0.2, 0.25) is 0 Å². The molecule has 35 heavy (non-hydrogen) atoms. The summed E-state index contributed by atoms with van der Waals surface area (Å²) in [6.45, 7) is 1.52. The third kappa shape index (κ3) is 6.78. The van der Waals surface area contributed by atoms with E-state index in [1.165, 1.54) is 6.92 Å². The summed E-state index contributed by atoms with van der Waals surface area (Å²) >= 11 is 0. The van der Waals surface area contributed by atoms with Crippen molar-refractivity contribution in [1.29, 1.82) is 0 Å². The molecule has 7 nitrogen and oxygen atoms in total. The molecular formula is C28H34N4O3. The molecule has 4 rings (SSSR count). The summed E-state index contributed by atoms with van der Waals surface area (Å²) in [6, 6.07) is 20.0. The van der Waals surface area contributed by atoms with Gasteiger partial charge in [0.2, 0.25) is 17.7 Å². The summed E-state index contributed by atoms with van der Waals surface area (Å²) in [4.78, 5) is 29.4. The first kappa shape index (κ1) is 24.6. The summed E-state index contributed by atoms with van der Waals surface area (Å²) in [5, 5.41) is 10.5. The molecule has 7 heteroatoms. The highest BCUT2D eigenvalue weighted by Gasteiger charge is 2.38. The van der Waals surface area contributed by atoms with Crippen LogP contribution in [0.1, 0.15) is 80.8 Å². The molecule has 1 saturated carbocycles. The highest BCUT2D eigenvalue weighted by Crippen LogP contribution is 2.34. The zero-order valence-corrected chi connectivity index (χ0v) is 20.3. The average Bonchev–Trinajstić information content (AvgIpc) is 3.23. The summed E-state index contributed by atoms with van der Waals surface area (Å²) in [7, 11) is 0. The van der Waals surface area contributed by atoms with Gasteiger partial charge in [-0.3, -0.25) is 9.59 Å². The Morgan fingerprint density at radius 3 is 2.29 bits per heavy atom. The quantitative estimate of drug-likeness (QED) is 0.435. The smallest absolute Gasteiger partial charge is 0.227 e. The minimum atomic E-state index is -0.583. The highest BCUT2D eigenvalue weighted by atomic mass is 16.5. The van der Waals surface area contributed by atoms with Gasteiger partial charge in [-0.1, -0.05) is 91.5 Å². The average molecular weight is 475 g/mol. The fraction of sp³-hybridized carbons (Fsp3) is 0.429. The second-order valence-corrected chi connectivity index (χ2v) is 9.41. The molecule has 0 saturated heterocycles. The largest absolute Gasteiger partial charge is 0.349 e. The predicted octanol–water partition coefficient (Wildman–Crippen LogP) is 4.79. The lowest BCUT2D eigenvalue weighted by atomic mass is 9.89. The second kappa shape index (κ2) is 11.8. The van der Waals surface area contributed by atoms with E-state index in [2.05, 4.69) is 32.9 Å². The summed E-state index contributed by atoms with van der Waals surface area (Å²) in [6.07, 6.45) is 7.18. The van der Waals surface area contributed by atoms with Gasteiger partial charge in [0.15, 0.2) is 5.82 Å². The summed E-state index contributed by atoms with van der Waals surface area (Å²) in [5.74, 6) is 0.781. The van der Waals surface area contributed by atoms with Crippen LogP contribution >= 0.6 is 0 Å². The minimum absolute atomic E-state index is 0.0689. The maximum absolute atomic E-state index is 12.9. The number of aromatic nitrogens is 2. The number of hydrogen-bond donors (Lipinski definition) is 2. The maximum Gasteiger partial charge on any atom is 0.227 e. The Morgan fingerprint density at radius 1 is 0.971 bits per heavy atom. The number of nitrogens with one attached hydrogen (secondary N) is 2. The van der Waals surface area contributed by atoms with E-state index >= 15 is 0 Å². The highest BCUT2D eigenvalue weighted by molar-refractivity contribution is 5.76. The van der Waals surface area contributed by atoms with Gasteiger partial charge in [0.25, 0.3) is 0 Å². The van der Waals surface area contributed by atoms with Crippen molar-refractivity contribution in [3.05, 3.63) is 83.5 Å². The molecule has 1 aromatic heterocycles. The SMILES string of the molecule is CC(=O)NC1(c2noc(CCC(=O)NC(Cc3ccccc3)c3ccccc3)n2)CCCCCC1. The normalized spacial score (nSPS) is 16.1. The van der Waals surface area contributed by atoms with Gasteiger partial charge in [-0.25, -0.2) is 0 Å². The van der Waals surface area contributed by atoms with E-state index in [0.29, 0.717) is 24.6 Å². The van der Waals surface area contributed by atoms with Crippen molar-refractivity contribution in [2.45, 2.75) is 76.3 Å². The van der Waals surface area contributed by atoms with Gasteiger partial charge in [-0.05, 0) is 30.4 Å². The third-order valence-corrected chi connectivity index (χ3v) is 6.65. The molecule has 1 heterocycles. The molecule has 0 bridgehead atoms. The van der Waals surface area contributed by atoms with Crippen LogP contribution in [0.4, 0.5) is 0 Å². The number of amides is 2. The monoisotopic (exact) mass is 474 g/mol. The van der Waals surface area contributed by atoms with E-state index in [-0.39, 0.29) is 24.3 Å². The van der Waals surface area contributed by atoms with Gasteiger partial charge < -0.3 is 15.2 Å². The van der Waals surface area contributed by atoms with E-state index in [1.807, 2.05) is 48.5 Å². The van der Waals surface area contributed by atoms with E-state index in [4.69, 9.17) is 4.52 Å². The van der Waals surface area contributed by atoms with Crippen molar-refractivity contribution in [2.75, 3.05) is 0 Å². The molecule has 0 aliphatic heterocycles. The van der Waals surface area contributed by atoms with Crippen LogP contribution in [0, 0.1) is 0 Å². The summed E-state index contributed by atoms with van der Waals surface area (Å²) in [5.41, 5.74) is 1.64. The van der Waals surface area contributed by atoms with Crippen LogP contribution in [-0.2, 0) is 28.0 Å². The Hall–Kier alpha value is -3.48. The van der Waals surface area contributed by atoms with Crippen LogP contribution in [0.3, 0.4) is 0 Å².